The first-order valence-corrected chi connectivity index (χ1v) is 12.4. The molecule has 0 spiro atoms. The molecule has 0 saturated carbocycles. The molecular formula is C25H37N5O7. The second-order valence-corrected chi connectivity index (χ2v) is 9.44. The fourth-order valence-electron chi connectivity index (χ4n) is 4.21. The Kier molecular flexibility index (Phi) is 10.9. The highest BCUT2D eigenvalue weighted by atomic mass is 16.4. The van der Waals surface area contributed by atoms with Crippen molar-refractivity contribution in [2.75, 3.05) is 6.54 Å². The van der Waals surface area contributed by atoms with Gasteiger partial charge in [0.15, 0.2) is 0 Å². The molecule has 5 unspecified atom stereocenters. The molecule has 0 radical (unpaired) electrons. The zero-order chi connectivity index (χ0) is 27.7. The number of hydrogen-bond acceptors (Lipinski definition) is 7. The minimum atomic E-state index is -1.12. The van der Waals surface area contributed by atoms with Crippen molar-refractivity contribution >= 4 is 29.6 Å². The van der Waals surface area contributed by atoms with Gasteiger partial charge in [-0.15, -0.1) is 0 Å². The topological polar surface area (TPSA) is 205 Å². The van der Waals surface area contributed by atoms with E-state index >= 15 is 0 Å². The summed E-state index contributed by atoms with van der Waals surface area (Å²) >= 11 is 0. The van der Waals surface area contributed by atoms with Crippen molar-refractivity contribution in [3.8, 4) is 5.75 Å². The summed E-state index contributed by atoms with van der Waals surface area (Å²) in [5.41, 5.74) is 11.6. The third-order valence-electron chi connectivity index (χ3n) is 6.64. The van der Waals surface area contributed by atoms with E-state index in [9.17, 15) is 34.2 Å². The van der Waals surface area contributed by atoms with E-state index in [0.717, 1.165) is 0 Å². The number of benzene rings is 1. The van der Waals surface area contributed by atoms with Gasteiger partial charge in [0.25, 0.3) is 0 Å². The summed E-state index contributed by atoms with van der Waals surface area (Å²) < 4.78 is 0. The van der Waals surface area contributed by atoms with E-state index in [2.05, 4.69) is 10.6 Å². The highest BCUT2D eigenvalue weighted by Gasteiger charge is 2.39. The van der Waals surface area contributed by atoms with Gasteiger partial charge in [0.2, 0.25) is 23.6 Å². The highest BCUT2D eigenvalue weighted by Crippen LogP contribution is 2.21. The fraction of sp³-hybridized carbons (Fsp3) is 0.560. The second-order valence-electron chi connectivity index (χ2n) is 9.44. The molecule has 37 heavy (non-hydrogen) atoms. The van der Waals surface area contributed by atoms with Crippen molar-refractivity contribution in [3.05, 3.63) is 29.8 Å². The van der Waals surface area contributed by atoms with Crippen molar-refractivity contribution in [1.82, 2.24) is 15.5 Å². The third kappa shape index (κ3) is 8.45. The Morgan fingerprint density at radius 3 is 2.32 bits per heavy atom. The quantitative estimate of drug-likeness (QED) is 0.202. The summed E-state index contributed by atoms with van der Waals surface area (Å²) in [6, 6.07) is 1.93. The van der Waals surface area contributed by atoms with Crippen molar-refractivity contribution in [1.29, 1.82) is 0 Å². The molecule has 0 aromatic heterocycles. The average molecular weight is 520 g/mol. The van der Waals surface area contributed by atoms with E-state index < -0.39 is 53.8 Å². The van der Waals surface area contributed by atoms with Crippen LogP contribution in [0.3, 0.4) is 0 Å². The first-order valence-electron chi connectivity index (χ1n) is 12.4. The molecule has 5 atom stereocenters. The Morgan fingerprint density at radius 2 is 1.76 bits per heavy atom. The normalized spacial score (nSPS) is 18.4. The zero-order valence-electron chi connectivity index (χ0n) is 21.2. The molecule has 0 aliphatic carbocycles. The number of nitrogens with one attached hydrogen (secondary N) is 2. The summed E-state index contributed by atoms with van der Waals surface area (Å²) in [4.78, 5) is 63.4. The smallest absolute Gasteiger partial charge is 0.326 e. The fourth-order valence-corrected chi connectivity index (χ4v) is 4.21. The number of carboxylic acids is 1. The van der Waals surface area contributed by atoms with Crippen molar-refractivity contribution in [2.45, 2.75) is 76.5 Å². The Bertz CT molecular complexity index is 984. The monoisotopic (exact) mass is 519 g/mol. The molecule has 1 saturated heterocycles. The van der Waals surface area contributed by atoms with Crippen LogP contribution < -0.4 is 22.1 Å². The van der Waals surface area contributed by atoms with Crippen LogP contribution in [0.25, 0.3) is 0 Å². The number of carboxylic acid groups (broad SMARTS) is 1. The molecule has 1 fully saturated rings. The molecule has 0 bridgehead atoms. The lowest BCUT2D eigenvalue weighted by Crippen LogP contribution is -2.59. The number of phenolic OH excluding ortho intramolecular Hbond substituents is 1. The van der Waals surface area contributed by atoms with Crippen LogP contribution in [0.15, 0.2) is 24.3 Å². The van der Waals surface area contributed by atoms with Gasteiger partial charge in [-0.1, -0.05) is 32.4 Å². The van der Waals surface area contributed by atoms with E-state index in [1.807, 2.05) is 6.92 Å². The van der Waals surface area contributed by atoms with Gasteiger partial charge in [0.05, 0.1) is 6.04 Å². The molecule has 1 aliphatic heterocycles. The molecule has 1 heterocycles. The maximum absolute atomic E-state index is 13.5. The van der Waals surface area contributed by atoms with Crippen LogP contribution in [-0.2, 0) is 30.4 Å². The third-order valence-corrected chi connectivity index (χ3v) is 6.64. The number of aliphatic carboxylic acids is 1. The van der Waals surface area contributed by atoms with E-state index in [1.54, 1.807) is 19.1 Å². The number of aromatic hydroxyl groups is 1. The van der Waals surface area contributed by atoms with Crippen LogP contribution in [-0.4, -0.2) is 75.4 Å². The van der Waals surface area contributed by atoms with Crippen LogP contribution in [0.4, 0.5) is 0 Å². The minimum Gasteiger partial charge on any atom is -0.508 e. The average Bonchev–Trinajstić information content (AvgIpc) is 3.36. The zero-order valence-corrected chi connectivity index (χ0v) is 21.2. The standard InChI is InChI=1S/C25H37N5O7/c1-3-14(2)21(29-22(33)17(26)10-11-20(27)32)23(34)28-18(13-15-6-8-16(31)9-7-15)24(35)30-12-4-5-19(30)25(36)37/h6-9,14,17-19,21,31H,3-5,10-13,26H2,1-2H3,(H2,27,32)(H,28,34)(H,29,33)(H,36,37). The maximum Gasteiger partial charge on any atom is 0.326 e. The van der Waals surface area contributed by atoms with Crippen LogP contribution >= 0.6 is 0 Å². The number of primary amides is 1. The van der Waals surface area contributed by atoms with Crippen LogP contribution in [0.1, 0.15) is 51.5 Å². The molecule has 12 nitrogen and oxygen atoms in total. The van der Waals surface area contributed by atoms with Gasteiger partial charge in [0.1, 0.15) is 23.9 Å². The lowest BCUT2D eigenvalue weighted by molar-refractivity contribution is -0.149. The number of nitrogens with two attached hydrogens (primary N) is 2. The summed E-state index contributed by atoms with van der Waals surface area (Å²) in [5, 5.41) is 24.5. The number of carbonyl (C=O) groups is 5. The predicted octanol–water partition coefficient (Wildman–Crippen LogP) is -0.381. The number of nitrogens with zero attached hydrogens (tertiary/aromatic N) is 1. The van der Waals surface area contributed by atoms with E-state index in [-0.39, 0.29) is 37.5 Å². The lowest BCUT2D eigenvalue weighted by atomic mass is 9.96. The Morgan fingerprint density at radius 1 is 1.11 bits per heavy atom. The predicted molar refractivity (Wildman–Crippen MR) is 134 cm³/mol. The Labute approximate surface area is 215 Å². The van der Waals surface area contributed by atoms with Crippen LogP contribution in [0.5, 0.6) is 5.75 Å². The highest BCUT2D eigenvalue weighted by molar-refractivity contribution is 5.94. The number of rotatable bonds is 13. The van der Waals surface area contributed by atoms with E-state index in [1.165, 1.54) is 17.0 Å². The maximum atomic E-state index is 13.5. The van der Waals surface area contributed by atoms with Crippen molar-refractivity contribution < 1.29 is 34.2 Å². The van der Waals surface area contributed by atoms with Gasteiger partial charge in [-0.25, -0.2) is 4.79 Å². The molecular weight excluding hydrogens is 482 g/mol. The van der Waals surface area contributed by atoms with Gasteiger partial charge >= 0.3 is 5.97 Å². The molecule has 8 N–H and O–H groups in total. The molecule has 204 valence electrons. The summed E-state index contributed by atoms with van der Waals surface area (Å²) in [5.74, 6) is -3.80. The van der Waals surface area contributed by atoms with Gasteiger partial charge in [-0.3, -0.25) is 19.2 Å². The molecule has 4 amide bonds. The summed E-state index contributed by atoms with van der Waals surface area (Å²) in [6.07, 6.45) is 1.35. The SMILES string of the molecule is CCC(C)C(NC(=O)C(N)CCC(N)=O)C(=O)NC(Cc1ccc(O)cc1)C(=O)N1CCCC1C(=O)O. The largest absolute Gasteiger partial charge is 0.508 e. The number of carbonyl (C=O) groups excluding carboxylic acids is 4. The summed E-state index contributed by atoms with van der Waals surface area (Å²) in [7, 11) is 0. The number of likely N-dealkylation sites (tertiary alicyclic amines) is 1. The number of hydrogen-bond donors (Lipinski definition) is 6. The van der Waals surface area contributed by atoms with Gasteiger partial charge in [-0.2, -0.15) is 0 Å². The second kappa shape index (κ2) is 13.6. The van der Waals surface area contributed by atoms with Crippen molar-refractivity contribution in [2.24, 2.45) is 17.4 Å². The molecule has 1 aromatic rings. The molecule has 2 rings (SSSR count). The van der Waals surface area contributed by atoms with E-state index in [4.69, 9.17) is 11.5 Å². The Hall–Kier alpha value is -3.67. The first-order chi connectivity index (χ1) is 17.4. The van der Waals surface area contributed by atoms with Gasteiger partial charge in [-0.05, 0) is 42.9 Å². The Balaban J connectivity index is 2.26. The summed E-state index contributed by atoms with van der Waals surface area (Å²) in [6.45, 7) is 3.85. The van der Waals surface area contributed by atoms with Crippen LogP contribution in [0, 0.1) is 5.92 Å². The van der Waals surface area contributed by atoms with Crippen molar-refractivity contribution in [3.63, 3.8) is 0 Å². The van der Waals surface area contributed by atoms with E-state index in [0.29, 0.717) is 24.8 Å². The molecule has 1 aliphatic rings. The molecule has 1 aromatic carbocycles. The van der Waals surface area contributed by atoms with Gasteiger partial charge in [0, 0.05) is 19.4 Å². The van der Waals surface area contributed by atoms with Crippen LogP contribution in [0.2, 0.25) is 0 Å². The lowest BCUT2D eigenvalue weighted by Gasteiger charge is -2.30. The molecule has 12 heteroatoms. The first kappa shape index (κ1) is 29.6. The minimum absolute atomic E-state index is 0.0174. The van der Waals surface area contributed by atoms with Gasteiger partial charge < -0.3 is 37.2 Å². The number of amides is 4. The number of phenols is 1.